The topological polar surface area (TPSA) is 342 Å². The van der Waals surface area contributed by atoms with Gasteiger partial charge in [0.25, 0.3) is 20.2 Å². The molecule has 0 spiro atoms. The molecule has 1 unspecified atom stereocenters. The van der Waals surface area contributed by atoms with Gasteiger partial charge in [-0.15, -0.1) is 12.6 Å². The van der Waals surface area contributed by atoms with Crippen molar-refractivity contribution in [2.24, 2.45) is 0 Å². The molecule has 0 fully saturated rings. The van der Waals surface area contributed by atoms with E-state index in [1.807, 2.05) is 0 Å². The summed E-state index contributed by atoms with van der Waals surface area (Å²) in [4.78, 5) is 57.2. The summed E-state index contributed by atoms with van der Waals surface area (Å²) < 4.78 is 128. The van der Waals surface area contributed by atoms with E-state index >= 15 is 0 Å². The summed E-state index contributed by atoms with van der Waals surface area (Å²) in [6.45, 7) is 0. The van der Waals surface area contributed by atoms with Crippen LogP contribution in [0.2, 0.25) is 0 Å². The van der Waals surface area contributed by atoms with Crippen LogP contribution in [0.3, 0.4) is 0 Å². The van der Waals surface area contributed by atoms with E-state index in [9.17, 15) is 33.6 Å². The zero-order chi connectivity index (χ0) is 27.0. The van der Waals surface area contributed by atoms with Crippen molar-refractivity contribution < 1.29 is 119 Å². The van der Waals surface area contributed by atoms with E-state index in [1.165, 1.54) is 0 Å². The quantitative estimate of drug-likeness (QED) is 0.0549. The fraction of sp³-hybridized carbons (Fsp3) is 1.00. The zero-order valence-electron chi connectivity index (χ0n) is 14.8. The Morgan fingerprint density at radius 3 is 0.581 bits per heavy atom. The Morgan fingerprint density at radius 1 is 0.581 bits per heavy atom. The van der Waals surface area contributed by atoms with Gasteiger partial charge in [-0.1, -0.05) is 0 Å². The van der Waals surface area contributed by atoms with E-state index < -0.39 is 51.9 Å². The van der Waals surface area contributed by atoms with Crippen molar-refractivity contribution in [3.8, 4) is 0 Å². The second-order valence-electron chi connectivity index (χ2n) is 3.34. The SMILES string of the molecule is CS(=O)(=O)O.CS(=O)(=O)O.O=P(O)(O)F.O=P(O)(O)F.O=P(O)(O)F.O=P([O-])(O)F.[Li+]. The molecule has 0 aromatic carbocycles. The number of hydrogen-bond donors (Lipinski definition) is 9. The Bertz CT molecular complexity index is 658. The van der Waals surface area contributed by atoms with Crippen molar-refractivity contribution in [2.75, 3.05) is 12.5 Å². The molecule has 0 saturated heterocycles. The molecular formula is C2H15F4LiO18P4S2. The number of hydrogen-bond acceptors (Lipinski definition) is 9. The molecule has 0 radical (unpaired) electrons. The van der Waals surface area contributed by atoms with Crippen molar-refractivity contribution in [1.29, 1.82) is 0 Å². The fourth-order valence-electron chi connectivity index (χ4n) is 0. The largest absolute Gasteiger partial charge is 1.00 e. The van der Waals surface area contributed by atoms with E-state index in [4.69, 9.17) is 66.5 Å². The third-order valence-electron chi connectivity index (χ3n) is 0. The molecule has 0 aliphatic heterocycles. The number of halogens is 4. The first-order chi connectivity index (χ1) is 12.0. The van der Waals surface area contributed by atoms with Gasteiger partial charge in [-0.3, -0.25) is 43.0 Å². The number of rotatable bonds is 0. The summed E-state index contributed by atoms with van der Waals surface area (Å²) in [6.07, 6.45) is 1.43. The van der Waals surface area contributed by atoms with Crippen LogP contribution in [-0.2, 0) is 38.5 Å². The average molecular weight is 598 g/mol. The monoisotopic (exact) mass is 598 g/mol. The molecule has 0 saturated carbocycles. The minimum absolute atomic E-state index is 0. The Balaban J connectivity index is -0.0000000443. The standard InChI is InChI=1S/2CH4O3S.4FH2O3P.Li/c6*1-5(2,3)4;/h2*1H3,(H,2,3,4);4*(H2,2,3,4);/q;;;;;;+1/p-1. The summed E-state index contributed by atoms with van der Waals surface area (Å²) in [5, 5.41) is 0. The minimum Gasteiger partial charge on any atom is -0.753 e. The molecule has 192 valence electrons. The van der Waals surface area contributed by atoms with Crippen LogP contribution >= 0.6 is 31.6 Å². The Kier molecular flexibility index (Phi) is 31.8. The molecule has 0 aliphatic rings. The summed E-state index contributed by atoms with van der Waals surface area (Å²) in [5.41, 5.74) is 0. The van der Waals surface area contributed by atoms with Gasteiger partial charge in [-0.05, 0) is 0 Å². The minimum atomic E-state index is -5.39. The predicted octanol–water partition coefficient (Wildman–Crippen LogP) is -4.43. The van der Waals surface area contributed by atoms with Gasteiger partial charge in [0.05, 0.1) is 12.5 Å². The van der Waals surface area contributed by atoms with Crippen molar-refractivity contribution in [3.63, 3.8) is 0 Å². The molecule has 0 bridgehead atoms. The molecular weight excluding hydrogens is 583 g/mol. The molecule has 0 rings (SSSR count). The van der Waals surface area contributed by atoms with E-state index in [0.717, 1.165) is 0 Å². The van der Waals surface area contributed by atoms with E-state index in [1.54, 1.807) is 0 Å². The van der Waals surface area contributed by atoms with Gasteiger partial charge in [0, 0.05) is 0 Å². The average Bonchev–Trinajstić information content (AvgIpc) is 1.94. The first-order valence-electron chi connectivity index (χ1n) is 4.84. The van der Waals surface area contributed by atoms with E-state index in [2.05, 4.69) is 0 Å². The first-order valence-corrected chi connectivity index (χ1v) is 14.5. The van der Waals surface area contributed by atoms with Gasteiger partial charge in [0.1, 0.15) is 0 Å². The van der Waals surface area contributed by atoms with Crippen LogP contribution < -0.4 is 23.8 Å². The summed E-state index contributed by atoms with van der Waals surface area (Å²) >= 11 is 0. The summed E-state index contributed by atoms with van der Waals surface area (Å²) in [6, 6.07) is 0. The molecule has 9 N–H and O–H groups in total. The molecule has 31 heavy (non-hydrogen) atoms. The second-order valence-corrected chi connectivity index (χ2v) is 10.0. The maximum Gasteiger partial charge on any atom is 1.00 e. The van der Waals surface area contributed by atoms with Crippen LogP contribution in [0.5, 0.6) is 0 Å². The predicted molar refractivity (Wildman–Crippen MR) is 85.3 cm³/mol. The van der Waals surface area contributed by atoms with Gasteiger partial charge in [-0.2, -0.15) is 21.0 Å². The summed E-state index contributed by atoms with van der Waals surface area (Å²) in [5.74, 6) is 0. The van der Waals surface area contributed by atoms with Gasteiger partial charge < -0.3 is 9.79 Å². The van der Waals surface area contributed by atoms with Crippen molar-refractivity contribution in [3.05, 3.63) is 0 Å². The van der Waals surface area contributed by atoms with Crippen molar-refractivity contribution in [1.82, 2.24) is 0 Å². The molecule has 1 atom stereocenters. The Hall–Kier alpha value is 0.737. The van der Waals surface area contributed by atoms with Crippen LogP contribution in [0.4, 0.5) is 16.8 Å². The summed E-state index contributed by atoms with van der Waals surface area (Å²) in [7, 11) is -28.1. The van der Waals surface area contributed by atoms with Gasteiger partial charge in [-0.25, -0.2) is 13.7 Å². The van der Waals surface area contributed by atoms with Crippen molar-refractivity contribution >= 4 is 51.9 Å². The molecule has 0 aromatic rings. The fourth-order valence-corrected chi connectivity index (χ4v) is 0. The van der Waals surface area contributed by atoms with Gasteiger partial charge in [0.2, 0.25) is 0 Å². The Morgan fingerprint density at radius 2 is 0.581 bits per heavy atom. The van der Waals surface area contributed by atoms with Gasteiger partial charge in [0.15, 0.2) is 0 Å². The molecule has 18 nitrogen and oxygen atoms in total. The molecule has 0 aliphatic carbocycles. The first kappa shape index (κ1) is 49.0. The zero-order valence-corrected chi connectivity index (χ0v) is 20.0. The van der Waals surface area contributed by atoms with E-state index in [0.29, 0.717) is 12.5 Å². The van der Waals surface area contributed by atoms with Crippen molar-refractivity contribution in [2.45, 2.75) is 0 Å². The third-order valence-corrected chi connectivity index (χ3v) is 0. The van der Waals surface area contributed by atoms with E-state index in [-0.39, 0.29) is 18.9 Å². The normalized spacial score (nSPS) is 12.9. The molecule has 0 heterocycles. The second kappa shape index (κ2) is 20.1. The molecule has 0 aromatic heterocycles. The van der Waals surface area contributed by atoms with Crippen LogP contribution in [0.25, 0.3) is 0 Å². The maximum atomic E-state index is 10.4. The molecule has 29 heteroatoms. The Labute approximate surface area is 183 Å². The van der Waals surface area contributed by atoms with Crippen LogP contribution in [0, 0.1) is 0 Å². The van der Waals surface area contributed by atoms with Crippen LogP contribution in [0.1, 0.15) is 0 Å². The molecule has 0 amide bonds. The van der Waals surface area contributed by atoms with Crippen LogP contribution in [0.15, 0.2) is 0 Å². The maximum absolute atomic E-state index is 10.4. The van der Waals surface area contributed by atoms with Gasteiger partial charge >= 0.3 is 50.5 Å². The smallest absolute Gasteiger partial charge is 0.753 e. The van der Waals surface area contributed by atoms with Crippen LogP contribution in [-0.4, -0.2) is 72.7 Å². The third kappa shape index (κ3) is 46700.